The van der Waals surface area contributed by atoms with E-state index in [1.165, 1.54) is 11.3 Å². The molecule has 0 radical (unpaired) electrons. The number of carbonyl (C=O) groups excluding carboxylic acids is 1. The zero-order chi connectivity index (χ0) is 20.5. The van der Waals surface area contributed by atoms with Crippen LogP contribution in [0, 0.1) is 0 Å². The Morgan fingerprint density at radius 1 is 1.13 bits per heavy atom. The first-order valence-electron chi connectivity index (χ1n) is 9.35. The van der Waals surface area contributed by atoms with E-state index in [0.717, 1.165) is 20.9 Å². The first-order valence-corrected chi connectivity index (χ1v) is 10.2. The molecule has 1 amide bonds. The van der Waals surface area contributed by atoms with Gasteiger partial charge in [-0.3, -0.25) is 4.79 Å². The topological polar surface area (TPSA) is 82.6 Å². The molecule has 1 atom stereocenters. The number of nitrogens with zero attached hydrogens (tertiary/aromatic N) is 2. The highest BCUT2D eigenvalue weighted by Crippen LogP contribution is 2.35. The van der Waals surface area contributed by atoms with Gasteiger partial charge in [0.1, 0.15) is 21.1 Å². The second-order valence-corrected chi connectivity index (χ2v) is 7.67. The van der Waals surface area contributed by atoms with Crippen molar-refractivity contribution in [3.05, 3.63) is 60.8 Å². The molecule has 1 aliphatic rings. The lowest BCUT2D eigenvalue weighted by molar-refractivity contribution is -0.122. The summed E-state index contributed by atoms with van der Waals surface area (Å²) in [5.41, 5.74) is 2.45. The summed E-state index contributed by atoms with van der Waals surface area (Å²) in [4.78, 5) is 22.5. The van der Waals surface area contributed by atoms with Crippen molar-refractivity contribution >= 4 is 33.3 Å². The summed E-state index contributed by atoms with van der Waals surface area (Å²) in [6, 6.07) is 16.6. The summed E-state index contributed by atoms with van der Waals surface area (Å²) in [7, 11) is 0. The van der Waals surface area contributed by atoms with E-state index in [4.69, 9.17) is 14.2 Å². The predicted octanol–water partition coefficient (Wildman–Crippen LogP) is 4.49. The number of fused-ring (bicyclic) bond motifs is 2. The van der Waals surface area contributed by atoms with E-state index in [0.29, 0.717) is 22.9 Å². The quantitative estimate of drug-likeness (QED) is 0.513. The van der Waals surface area contributed by atoms with Gasteiger partial charge in [-0.05, 0) is 43.3 Å². The van der Waals surface area contributed by atoms with Crippen molar-refractivity contribution < 1.29 is 19.0 Å². The maximum atomic E-state index is 12.6. The molecule has 0 aliphatic carbocycles. The standard InChI is InChI=1S/C22H17N3O4S/c1-13(29-16-7-8-18-19(11-16)28-12-27-18)20(26)24-15-5-2-4-14(10-15)21-25-17-6-3-9-23-22(17)30-21/h2-11,13H,12H2,1H3,(H,24,26). The molecule has 150 valence electrons. The van der Waals surface area contributed by atoms with Gasteiger partial charge in [-0.2, -0.15) is 0 Å². The average molecular weight is 419 g/mol. The van der Waals surface area contributed by atoms with E-state index in [-0.39, 0.29) is 12.7 Å². The van der Waals surface area contributed by atoms with Gasteiger partial charge in [-0.1, -0.05) is 23.5 Å². The number of carbonyl (C=O) groups is 1. The van der Waals surface area contributed by atoms with Gasteiger partial charge in [-0.15, -0.1) is 0 Å². The van der Waals surface area contributed by atoms with Crippen molar-refractivity contribution in [2.45, 2.75) is 13.0 Å². The van der Waals surface area contributed by atoms with Gasteiger partial charge in [0, 0.05) is 23.5 Å². The number of rotatable bonds is 5. The molecule has 2 aromatic carbocycles. The molecule has 0 fully saturated rings. The second-order valence-electron chi connectivity index (χ2n) is 6.69. The van der Waals surface area contributed by atoms with E-state index in [1.54, 1.807) is 31.3 Å². The third kappa shape index (κ3) is 3.65. The first-order chi connectivity index (χ1) is 14.7. The van der Waals surface area contributed by atoms with Gasteiger partial charge in [0.05, 0.1) is 0 Å². The second kappa shape index (κ2) is 7.64. The van der Waals surface area contributed by atoms with E-state index >= 15 is 0 Å². The zero-order valence-corrected chi connectivity index (χ0v) is 16.8. The van der Waals surface area contributed by atoms with Gasteiger partial charge < -0.3 is 19.5 Å². The third-order valence-corrected chi connectivity index (χ3v) is 5.60. The minimum Gasteiger partial charge on any atom is -0.481 e. The van der Waals surface area contributed by atoms with Crippen molar-refractivity contribution in [3.63, 3.8) is 0 Å². The fraction of sp³-hybridized carbons (Fsp3) is 0.136. The average Bonchev–Trinajstić information content (AvgIpc) is 3.40. The van der Waals surface area contributed by atoms with Crippen LogP contribution in [0.15, 0.2) is 60.8 Å². The first kappa shape index (κ1) is 18.4. The molecule has 4 aromatic rings. The van der Waals surface area contributed by atoms with Crippen LogP contribution in [-0.4, -0.2) is 28.8 Å². The van der Waals surface area contributed by atoms with Gasteiger partial charge in [0.25, 0.3) is 5.91 Å². The lowest BCUT2D eigenvalue weighted by atomic mass is 10.2. The SMILES string of the molecule is CC(Oc1ccc2c(c1)OCO2)C(=O)Nc1cccc(-c2nc3cccnc3s2)c1. The fourth-order valence-electron chi connectivity index (χ4n) is 3.08. The molecule has 7 nitrogen and oxygen atoms in total. The minimum absolute atomic E-state index is 0.190. The number of hydrogen-bond acceptors (Lipinski definition) is 7. The Balaban J connectivity index is 1.29. The Morgan fingerprint density at radius 2 is 2.03 bits per heavy atom. The van der Waals surface area contributed by atoms with E-state index in [2.05, 4.69) is 15.3 Å². The largest absolute Gasteiger partial charge is 0.481 e. The van der Waals surface area contributed by atoms with Crippen molar-refractivity contribution in [1.82, 2.24) is 9.97 Å². The van der Waals surface area contributed by atoms with Crippen molar-refractivity contribution in [2.24, 2.45) is 0 Å². The van der Waals surface area contributed by atoms with Crippen LogP contribution in [0.3, 0.4) is 0 Å². The Labute approximate surface area is 176 Å². The highest BCUT2D eigenvalue weighted by molar-refractivity contribution is 7.21. The van der Waals surface area contributed by atoms with Crippen LogP contribution in [-0.2, 0) is 4.79 Å². The van der Waals surface area contributed by atoms with Crippen LogP contribution >= 0.6 is 11.3 Å². The zero-order valence-electron chi connectivity index (χ0n) is 16.0. The van der Waals surface area contributed by atoms with Crippen molar-refractivity contribution in [3.8, 4) is 27.8 Å². The molecule has 0 spiro atoms. The van der Waals surface area contributed by atoms with Gasteiger partial charge in [0.2, 0.25) is 6.79 Å². The molecule has 0 bridgehead atoms. The molecule has 0 saturated carbocycles. The molecule has 1 aliphatic heterocycles. The van der Waals surface area contributed by atoms with Gasteiger partial charge >= 0.3 is 0 Å². The molecule has 1 unspecified atom stereocenters. The summed E-state index contributed by atoms with van der Waals surface area (Å²) >= 11 is 1.51. The molecular weight excluding hydrogens is 402 g/mol. The smallest absolute Gasteiger partial charge is 0.265 e. The van der Waals surface area contributed by atoms with Crippen LogP contribution in [0.2, 0.25) is 0 Å². The normalized spacial score (nSPS) is 13.2. The molecule has 0 saturated heterocycles. The number of pyridine rings is 1. The summed E-state index contributed by atoms with van der Waals surface area (Å²) < 4.78 is 16.4. The van der Waals surface area contributed by atoms with Crippen molar-refractivity contribution in [2.75, 3.05) is 12.1 Å². The summed E-state index contributed by atoms with van der Waals surface area (Å²) in [5, 5.41) is 3.75. The van der Waals surface area contributed by atoms with E-state index in [9.17, 15) is 4.79 Å². The molecular formula is C22H17N3O4S. The van der Waals surface area contributed by atoms with E-state index in [1.807, 2.05) is 36.4 Å². The predicted molar refractivity (Wildman–Crippen MR) is 114 cm³/mol. The number of amides is 1. The Hall–Kier alpha value is -3.65. The lowest BCUT2D eigenvalue weighted by Crippen LogP contribution is -2.30. The number of anilines is 1. The van der Waals surface area contributed by atoms with Crippen molar-refractivity contribution in [1.29, 1.82) is 0 Å². The molecule has 2 aromatic heterocycles. The monoisotopic (exact) mass is 419 g/mol. The molecule has 8 heteroatoms. The van der Waals surface area contributed by atoms with Crippen LogP contribution in [0.1, 0.15) is 6.92 Å². The molecule has 5 rings (SSSR count). The summed E-state index contributed by atoms with van der Waals surface area (Å²) in [6.07, 6.45) is 1.06. The third-order valence-electron chi connectivity index (χ3n) is 4.57. The number of hydrogen-bond donors (Lipinski definition) is 1. The molecule has 1 N–H and O–H groups in total. The maximum Gasteiger partial charge on any atom is 0.265 e. The van der Waals surface area contributed by atoms with Crippen LogP contribution < -0.4 is 19.5 Å². The number of benzene rings is 2. The highest BCUT2D eigenvalue weighted by atomic mass is 32.1. The maximum absolute atomic E-state index is 12.6. The van der Waals surface area contributed by atoms with Crippen LogP contribution in [0.25, 0.3) is 20.9 Å². The lowest BCUT2D eigenvalue weighted by Gasteiger charge is -2.15. The van der Waals surface area contributed by atoms with Crippen LogP contribution in [0.4, 0.5) is 5.69 Å². The highest BCUT2D eigenvalue weighted by Gasteiger charge is 2.19. The summed E-state index contributed by atoms with van der Waals surface area (Å²) in [5.74, 6) is 1.56. The Kier molecular flexibility index (Phi) is 4.68. The number of aromatic nitrogens is 2. The Morgan fingerprint density at radius 3 is 2.93 bits per heavy atom. The van der Waals surface area contributed by atoms with Gasteiger partial charge in [-0.25, -0.2) is 9.97 Å². The molecule has 3 heterocycles. The summed E-state index contributed by atoms with van der Waals surface area (Å²) in [6.45, 7) is 1.89. The fourth-order valence-corrected chi connectivity index (χ4v) is 3.98. The molecule has 30 heavy (non-hydrogen) atoms. The van der Waals surface area contributed by atoms with Gasteiger partial charge in [0.15, 0.2) is 17.6 Å². The van der Waals surface area contributed by atoms with Crippen LogP contribution in [0.5, 0.6) is 17.2 Å². The number of thiazole rings is 1. The minimum atomic E-state index is -0.694. The number of ether oxygens (including phenoxy) is 3. The number of nitrogens with one attached hydrogen (secondary N) is 1. The Bertz CT molecular complexity index is 1210. The van der Waals surface area contributed by atoms with E-state index < -0.39 is 6.10 Å².